The van der Waals surface area contributed by atoms with E-state index in [4.69, 9.17) is 9.47 Å². The molecule has 0 unspecified atom stereocenters. The van der Waals surface area contributed by atoms with Gasteiger partial charge in [-0.15, -0.1) is 0 Å². The molecule has 160 valence electrons. The first kappa shape index (κ1) is 21.1. The van der Waals surface area contributed by atoms with Crippen LogP contribution in [0.3, 0.4) is 0 Å². The van der Waals surface area contributed by atoms with Crippen LogP contribution in [0.5, 0.6) is 5.75 Å². The fraction of sp³-hybridized carbons (Fsp3) is 0.111. The van der Waals surface area contributed by atoms with Crippen LogP contribution in [0, 0.1) is 0 Å². The first-order chi connectivity index (χ1) is 15.6. The molecule has 2 aromatic carbocycles. The first-order valence-electron chi connectivity index (χ1n) is 10.3. The first-order valence-corrected chi connectivity index (χ1v) is 10.3. The van der Waals surface area contributed by atoms with E-state index in [9.17, 15) is 9.59 Å². The number of carbonyl (C=O) groups excluding carboxylic acids is 2. The van der Waals surface area contributed by atoms with Crippen LogP contribution in [0.1, 0.15) is 33.3 Å². The lowest BCUT2D eigenvalue weighted by atomic mass is 10.0. The van der Waals surface area contributed by atoms with Crippen molar-refractivity contribution in [3.05, 3.63) is 102 Å². The fourth-order valence-corrected chi connectivity index (χ4v) is 3.54. The zero-order chi connectivity index (χ0) is 22.5. The normalized spacial score (nSPS) is 11.1. The number of allylic oxidation sites excluding steroid dienone is 1. The molecule has 4 rings (SSSR count). The van der Waals surface area contributed by atoms with Crippen molar-refractivity contribution in [2.45, 2.75) is 6.92 Å². The van der Waals surface area contributed by atoms with Crippen molar-refractivity contribution < 1.29 is 19.1 Å². The van der Waals surface area contributed by atoms with Gasteiger partial charge >= 0.3 is 5.97 Å². The summed E-state index contributed by atoms with van der Waals surface area (Å²) in [7, 11) is 1.55. The number of fused-ring (bicyclic) bond motifs is 1. The van der Waals surface area contributed by atoms with Gasteiger partial charge in [0.2, 0.25) is 5.78 Å². The minimum absolute atomic E-state index is 0.215. The van der Waals surface area contributed by atoms with Crippen LogP contribution in [0.15, 0.2) is 85.1 Å². The lowest BCUT2D eigenvalue weighted by molar-refractivity contribution is 0.0529. The molecular weight excluding hydrogens is 402 g/mol. The second kappa shape index (κ2) is 9.35. The van der Waals surface area contributed by atoms with Gasteiger partial charge in [-0.1, -0.05) is 60.7 Å². The molecule has 0 saturated carbocycles. The molecule has 4 aromatic rings. The van der Waals surface area contributed by atoms with Crippen molar-refractivity contribution in [1.29, 1.82) is 0 Å². The fourth-order valence-electron chi connectivity index (χ4n) is 3.54. The SMILES string of the molecule is CCOC(=O)c1cc(C(=O)/C=C/c2ccc(-c3ccccc3)cc2)n2ccc(OC)cc12. The Bertz CT molecular complexity index is 1280. The van der Waals surface area contributed by atoms with Gasteiger partial charge in [-0.05, 0) is 41.8 Å². The Morgan fingerprint density at radius 2 is 1.66 bits per heavy atom. The average molecular weight is 425 g/mol. The number of hydrogen-bond donors (Lipinski definition) is 0. The highest BCUT2D eigenvalue weighted by molar-refractivity contribution is 6.09. The van der Waals surface area contributed by atoms with E-state index < -0.39 is 5.97 Å². The summed E-state index contributed by atoms with van der Waals surface area (Å²) >= 11 is 0. The van der Waals surface area contributed by atoms with Gasteiger partial charge < -0.3 is 13.9 Å². The van der Waals surface area contributed by atoms with E-state index in [1.165, 1.54) is 6.08 Å². The summed E-state index contributed by atoms with van der Waals surface area (Å²) in [4.78, 5) is 25.4. The number of ether oxygens (including phenoxy) is 2. The Hall–Kier alpha value is -4.12. The lowest BCUT2D eigenvalue weighted by Crippen LogP contribution is -2.04. The van der Waals surface area contributed by atoms with Gasteiger partial charge in [0.25, 0.3) is 0 Å². The number of aromatic nitrogens is 1. The standard InChI is InChI=1S/C27H23NO4/c1-3-32-27(30)23-18-25(28-16-15-22(31-2)17-24(23)28)26(29)14-11-19-9-12-21(13-10-19)20-7-5-4-6-8-20/h4-18H,3H2,1-2H3/b14-11+. The molecule has 0 spiro atoms. The third-order valence-electron chi connectivity index (χ3n) is 5.17. The molecule has 2 heterocycles. The number of nitrogens with zero attached hydrogens (tertiary/aromatic N) is 1. The van der Waals surface area contributed by atoms with E-state index in [-0.39, 0.29) is 12.4 Å². The van der Waals surface area contributed by atoms with Gasteiger partial charge in [0.05, 0.1) is 30.5 Å². The number of carbonyl (C=O) groups is 2. The predicted molar refractivity (Wildman–Crippen MR) is 125 cm³/mol. The van der Waals surface area contributed by atoms with Crippen LogP contribution in [-0.2, 0) is 4.74 Å². The second-order valence-corrected chi connectivity index (χ2v) is 7.17. The molecule has 0 saturated heterocycles. The Morgan fingerprint density at radius 3 is 2.34 bits per heavy atom. The van der Waals surface area contributed by atoms with E-state index in [0.717, 1.165) is 16.7 Å². The molecule has 0 aliphatic carbocycles. The topological polar surface area (TPSA) is 57.0 Å². The molecule has 0 fully saturated rings. The van der Waals surface area contributed by atoms with Crippen LogP contribution in [0.2, 0.25) is 0 Å². The number of ketones is 1. The van der Waals surface area contributed by atoms with Crippen molar-refractivity contribution in [2.75, 3.05) is 13.7 Å². The lowest BCUT2D eigenvalue weighted by Gasteiger charge is -2.04. The number of esters is 1. The quantitative estimate of drug-likeness (QED) is 0.217. The highest BCUT2D eigenvalue weighted by Crippen LogP contribution is 2.24. The molecule has 0 amide bonds. The van der Waals surface area contributed by atoms with Gasteiger partial charge in [0.15, 0.2) is 0 Å². The summed E-state index contributed by atoms with van der Waals surface area (Å²) in [5.41, 5.74) is 4.43. The monoisotopic (exact) mass is 425 g/mol. The maximum Gasteiger partial charge on any atom is 0.340 e. The van der Waals surface area contributed by atoms with E-state index >= 15 is 0 Å². The van der Waals surface area contributed by atoms with Crippen molar-refractivity contribution in [3.8, 4) is 16.9 Å². The molecule has 5 heteroatoms. The Labute approximate surface area is 186 Å². The summed E-state index contributed by atoms with van der Waals surface area (Å²) in [6, 6.07) is 23.1. The smallest absolute Gasteiger partial charge is 0.340 e. The summed E-state index contributed by atoms with van der Waals surface area (Å²) in [5, 5.41) is 0. The number of pyridine rings is 1. The number of hydrogen-bond acceptors (Lipinski definition) is 4. The van der Waals surface area contributed by atoms with Gasteiger partial charge in [-0.2, -0.15) is 0 Å². The van der Waals surface area contributed by atoms with Crippen molar-refractivity contribution in [2.24, 2.45) is 0 Å². The van der Waals surface area contributed by atoms with E-state index in [1.54, 1.807) is 48.9 Å². The van der Waals surface area contributed by atoms with E-state index in [2.05, 4.69) is 12.1 Å². The molecule has 0 bridgehead atoms. The zero-order valence-electron chi connectivity index (χ0n) is 17.9. The van der Waals surface area contributed by atoms with E-state index in [1.807, 2.05) is 42.5 Å². The van der Waals surface area contributed by atoms with Crippen molar-refractivity contribution in [1.82, 2.24) is 4.40 Å². The van der Waals surface area contributed by atoms with Crippen LogP contribution in [0.25, 0.3) is 22.7 Å². The van der Waals surface area contributed by atoms with Crippen LogP contribution < -0.4 is 4.74 Å². The molecule has 0 atom stereocenters. The third kappa shape index (κ3) is 4.32. The summed E-state index contributed by atoms with van der Waals surface area (Å²) in [5.74, 6) is -0.0974. The molecule has 0 N–H and O–H groups in total. The largest absolute Gasteiger partial charge is 0.497 e. The molecule has 5 nitrogen and oxygen atoms in total. The highest BCUT2D eigenvalue weighted by atomic mass is 16.5. The highest BCUT2D eigenvalue weighted by Gasteiger charge is 2.20. The number of methoxy groups -OCH3 is 1. The Balaban J connectivity index is 1.62. The van der Waals surface area contributed by atoms with Crippen molar-refractivity contribution in [3.63, 3.8) is 0 Å². The Morgan fingerprint density at radius 1 is 0.938 bits per heavy atom. The molecule has 0 aliphatic rings. The summed E-state index contributed by atoms with van der Waals surface area (Å²) in [6.45, 7) is 2.00. The average Bonchev–Trinajstić information content (AvgIpc) is 3.22. The number of benzene rings is 2. The maximum atomic E-state index is 13.0. The maximum absolute atomic E-state index is 13.0. The predicted octanol–water partition coefficient (Wildman–Crippen LogP) is 5.69. The minimum Gasteiger partial charge on any atom is -0.497 e. The molecule has 0 aliphatic heterocycles. The molecule has 0 radical (unpaired) electrons. The second-order valence-electron chi connectivity index (χ2n) is 7.17. The van der Waals surface area contributed by atoms with Crippen molar-refractivity contribution >= 4 is 23.3 Å². The van der Waals surface area contributed by atoms with Gasteiger partial charge in [-0.3, -0.25) is 4.79 Å². The van der Waals surface area contributed by atoms with Gasteiger partial charge in [-0.25, -0.2) is 4.79 Å². The molecule has 32 heavy (non-hydrogen) atoms. The third-order valence-corrected chi connectivity index (χ3v) is 5.17. The van der Waals surface area contributed by atoms with Gasteiger partial charge in [0, 0.05) is 12.3 Å². The summed E-state index contributed by atoms with van der Waals surface area (Å²) < 4.78 is 12.1. The zero-order valence-corrected chi connectivity index (χ0v) is 17.9. The Kier molecular flexibility index (Phi) is 6.17. The van der Waals surface area contributed by atoms with E-state index in [0.29, 0.717) is 22.5 Å². The molecule has 2 aromatic heterocycles. The van der Waals surface area contributed by atoms with Gasteiger partial charge in [0.1, 0.15) is 5.75 Å². The van der Waals surface area contributed by atoms with Crippen LogP contribution in [-0.4, -0.2) is 29.9 Å². The summed E-state index contributed by atoms with van der Waals surface area (Å²) in [6.07, 6.45) is 5.00. The molecular formula is C27H23NO4. The van der Waals surface area contributed by atoms with Crippen LogP contribution in [0.4, 0.5) is 0 Å². The number of rotatable bonds is 7. The minimum atomic E-state index is -0.474. The van der Waals surface area contributed by atoms with Crippen LogP contribution >= 0.6 is 0 Å².